The Morgan fingerprint density at radius 3 is 2.33 bits per heavy atom. The Morgan fingerprint density at radius 1 is 1.00 bits per heavy atom. The molecular weight excluding hydrogens is 267 g/mol. The van der Waals surface area contributed by atoms with Gasteiger partial charge >= 0.3 is 0 Å². The summed E-state index contributed by atoms with van der Waals surface area (Å²) < 4.78 is 0. The van der Waals surface area contributed by atoms with E-state index in [2.05, 4.69) is 11.4 Å². The molecule has 0 amide bonds. The van der Waals surface area contributed by atoms with Gasteiger partial charge in [-0.2, -0.15) is 5.26 Å². The summed E-state index contributed by atoms with van der Waals surface area (Å²) in [6, 6.07) is 14.9. The fourth-order valence-electron chi connectivity index (χ4n) is 1.56. The quantitative estimate of drug-likeness (QED) is 0.898. The van der Waals surface area contributed by atoms with Crippen molar-refractivity contribution in [3.63, 3.8) is 0 Å². The van der Waals surface area contributed by atoms with E-state index in [1.54, 1.807) is 18.2 Å². The fraction of sp³-hybridized carbons (Fsp3) is 0.0714. The van der Waals surface area contributed by atoms with E-state index in [0.29, 0.717) is 22.2 Å². The largest absolute Gasteiger partial charge is 0.380 e. The number of benzene rings is 2. The Hall–Kier alpha value is -1.69. The van der Waals surface area contributed by atoms with Gasteiger partial charge in [0.25, 0.3) is 0 Å². The van der Waals surface area contributed by atoms with Crippen molar-refractivity contribution in [1.82, 2.24) is 0 Å². The molecule has 0 aliphatic carbocycles. The molecule has 2 nitrogen and oxygen atoms in total. The Labute approximate surface area is 116 Å². The molecule has 0 spiro atoms. The first kappa shape index (κ1) is 12.8. The van der Waals surface area contributed by atoms with Crippen LogP contribution in [0.15, 0.2) is 42.5 Å². The zero-order valence-corrected chi connectivity index (χ0v) is 11.0. The minimum Gasteiger partial charge on any atom is -0.380 e. The van der Waals surface area contributed by atoms with Gasteiger partial charge in [0.05, 0.1) is 11.3 Å². The number of hydrogen-bond acceptors (Lipinski definition) is 2. The van der Waals surface area contributed by atoms with E-state index in [1.807, 2.05) is 24.3 Å². The lowest BCUT2D eigenvalue weighted by Crippen LogP contribution is -2.01. The maximum absolute atomic E-state index is 9.01. The van der Waals surface area contributed by atoms with Gasteiger partial charge in [-0.3, -0.25) is 0 Å². The topological polar surface area (TPSA) is 35.8 Å². The highest BCUT2D eigenvalue weighted by atomic mass is 35.5. The molecule has 2 aromatic carbocycles. The molecule has 1 N–H and O–H groups in total. The second-order valence-electron chi connectivity index (χ2n) is 3.78. The molecule has 0 saturated carbocycles. The molecule has 2 rings (SSSR count). The van der Waals surface area contributed by atoms with Crippen molar-refractivity contribution < 1.29 is 0 Å². The van der Waals surface area contributed by atoms with Crippen molar-refractivity contribution in [2.45, 2.75) is 6.54 Å². The first-order valence-electron chi connectivity index (χ1n) is 5.37. The van der Waals surface area contributed by atoms with Gasteiger partial charge in [0, 0.05) is 16.6 Å². The molecule has 0 aliphatic rings. The van der Waals surface area contributed by atoms with Crippen molar-refractivity contribution in [3.8, 4) is 6.07 Å². The summed E-state index contributed by atoms with van der Waals surface area (Å²) in [4.78, 5) is 0. The molecule has 0 unspecified atom stereocenters. The number of halogens is 2. The van der Waals surface area contributed by atoms with E-state index < -0.39 is 0 Å². The first-order valence-corrected chi connectivity index (χ1v) is 6.12. The molecule has 4 heteroatoms. The average molecular weight is 277 g/mol. The second-order valence-corrected chi connectivity index (χ2v) is 4.65. The van der Waals surface area contributed by atoms with E-state index >= 15 is 0 Å². The van der Waals surface area contributed by atoms with Crippen molar-refractivity contribution >= 4 is 28.9 Å². The minimum atomic E-state index is 0.538. The lowest BCUT2D eigenvalue weighted by molar-refractivity contribution is 1.15. The molecule has 18 heavy (non-hydrogen) atoms. The van der Waals surface area contributed by atoms with Crippen LogP contribution < -0.4 is 5.32 Å². The van der Waals surface area contributed by atoms with Crippen LogP contribution in [0.1, 0.15) is 11.1 Å². The summed E-state index contributed by atoms with van der Waals surface area (Å²) in [5.41, 5.74) is 2.41. The molecule has 0 aliphatic heterocycles. The van der Waals surface area contributed by atoms with Gasteiger partial charge in [-0.1, -0.05) is 35.3 Å². The van der Waals surface area contributed by atoms with Gasteiger partial charge in [-0.25, -0.2) is 0 Å². The van der Waals surface area contributed by atoms with Crippen LogP contribution in [0, 0.1) is 11.3 Å². The number of hydrogen-bond donors (Lipinski definition) is 1. The van der Waals surface area contributed by atoms with Crippen LogP contribution in [0.5, 0.6) is 0 Å². The van der Waals surface area contributed by atoms with Crippen LogP contribution in [-0.4, -0.2) is 0 Å². The SMILES string of the molecule is N#Cc1cc(Cl)ccc1NCc1ccc(Cl)cc1. The van der Waals surface area contributed by atoms with Crippen LogP contribution in [0.2, 0.25) is 10.0 Å². The molecule has 0 fully saturated rings. The van der Waals surface area contributed by atoms with Crippen LogP contribution in [0.4, 0.5) is 5.69 Å². The first-order chi connectivity index (χ1) is 8.69. The maximum Gasteiger partial charge on any atom is 0.101 e. The Bertz CT molecular complexity index is 586. The van der Waals surface area contributed by atoms with E-state index in [-0.39, 0.29) is 0 Å². The molecule has 0 atom stereocenters. The van der Waals surface area contributed by atoms with Crippen LogP contribution in [-0.2, 0) is 6.54 Å². The van der Waals surface area contributed by atoms with Crippen LogP contribution >= 0.6 is 23.2 Å². The smallest absolute Gasteiger partial charge is 0.101 e. The predicted molar refractivity (Wildman–Crippen MR) is 74.9 cm³/mol. The fourth-order valence-corrected chi connectivity index (χ4v) is 1.86. The van der Waals surface area contributed by atoms with Gasteiger partial charge < -0.3 is 5.32 Å². The molecule has 0 aromatic heterocycles. The van der Waals surface area contributed by atoms with E-state index in [9.17, 15) is 0 Å². The zero-order valence-electron chi connectivity index (χ0n) is 9.45. The van der Waals surface area contributed by atoms with Gasteiger partial charge in [-0.05, 0) is 35.9 Å². The number of nitriles is 1. The minimum absolute atomic E-state index is 0.538. The van der Waals surface area contributed by atoms with E-state index in [1.165, 1.54) is 0 Å². The Kier molecular flexibility index (Phi) is 4.09. The molecule has 0 bridgehead atoms. The summed E-state index contributed by atoms with van der Waals surface area (Å²) in [5, 5.41) is 13.5. The van der Waals surface area contributed by atoms with Crippen molar-refractivity contribution in [2.75, 3.05) is 5.32 Å². The van der Waals surface area contributed by atoms with Crippen LogP contribution in [0.25, 0.3) is 0 Å². The van der Waals surface area contributed by atoms with Crippen LogP contribution in [0.3, 0.4) is 0 Å². The lowest BCUT2D eigenvalue weighted by atomic mass is 10.1. The molecule has 0 saturated heterocycles. The summed E-state index contributed by atoms with van der Waals surface area (Å²) in [7, 11) is 0. The molecule has 90 valence electrons. The molecule has 0 heterocycles. The average Bonchev–Trinajstić information content (AvgIpc) is 2.39. The molecule has 0 radical (unpaired) electrons. The van der Waals surface area contributed by atoms with Gasteiger partial charge in [0.2, 0.25) is 0 Å². The predicted octanol–water partition coefficient (Wildman–Crippen LogP) is 4.48. The third kappa shape index (κ3) is 3.16. The van der Waals surface area contributed by atoms with Gasteiger partial charge in [0.1, 0.15) is 6.07 Å². The Morgan fingerprint density at radius 2 is 1.67 bits per heavy atom. The normalized spacial score (nSPS) is 9.83. The maximum atomic E-state index is 9.01. The van der Waals surface area contributed by atoms with Gasteiger partial charge in [0.15, 0.2) is 0 Å². The molecular formula is C14H10Cl2N2. The Balaban J connectivity index is 2.11. The van der Waals surface area contributed by atoms with E-state index in [0.717, 1.165) is 11.3 Å². The number of anilines is 1. The number of nitrogens with one attached hydrogen (secondary N) is 1. The van der Waals surface area contributed by atoms with E-state index in [4.69, 9.17) is 28.5 Å². The zero-order chi connectivity index (χ0) is 13.0. The van der Waals surface area contributed by atoms with Crippen molar-refractivity contribution in [1.29, 1.82) is 5.26 Å². The van der Waals surface area contributed by atoms with Crippen molar-refractivity contribution in [3.05, 3.63) is 63.6 Å². The highest BCUT2D eigenvalue weighted by molar-refractivity contribution is 6.31. The lowest BCUT2D eigenvalue weighted by Gasteiger charge is -2.08. The monoisotopic (exact) mass is 276 g/mol. The molecule has 2 aromatic rings. The van der Waals surface area contributed by atoms with Gasteiger partial charge in [-0.15, -0.1) is 0 Å². The highest BCUT2D eigenvalue weighted by Crippen LogP contribution is 2.20. The summed E-state index contributed by atoms with van der Waals surface area (Å²) in [5.74, 6) is 0. The highest BCUT2D eigenvalue weighted by Gasteiger charge is 2.02. The third-order valence-electron chi connectivity index (χ3n) is 2.50. The van der Waals surface area contributed by atoms with Crippen molar-refractivity contribution in [2.24, 2.45) is 0 Å². The second kappa shape index (κ2) is 5.77. The standard InChI is InChI=1S/C14H10Cl2N2/c15-12-3-1-10(2-4-12)9-18-14-6-5-13(16)7-11(14)8-17/h1-7,18H,9H2. The third-order valence-corrected chi connectivity index (χ3v) is 2.99. The summed E-state index contributed by atoms with van der Waals surface area (Å²) in [6.45, 7) is 0.632. The summed E-state index contributed by atoms with van der Waals surface area (Å²) in [6.07, 6.45) is 0. The summed E-state index contributed by atoms with van der Waals surface area (Å²) >= 11 is 11.7. The number of rotatable bonds is 3. The number of nitrogens with zero attached hydrogens (tertiary/aromatic N) is 1.